The summed E-state index contributed by atoms with van der Waals surface area (Å²) in [4.78, 5) is 3.16. The molecule has 2 nitrogen and oxygen atoms in total. The fourth-order valence-corrected chi connectivity index (χ4v) is 2.93. The summed E-state index contributed by atoms with van der Waals surface area (Å²) in [6.07, 6.45) is 5.72. The van der Waals surface area contributed by atoms with Gasteiger partial charge in [-0.2, -0.15) is 0 Å². The van der Waals surface area contributed by atoms with Gasteiger partial charge >= 0.3 is 0 Å². The Labute approximate surface area is 127 Å². The van der Waals surface area contributed by atoms with Crippen LogP contribution in [0.2, 0.25) is 0 Å². The zero-order chi connectivity index (χ0) is 14.1. The zero-order valence-electron chi connectivity index (χ0n) is 12.3. The molecule has 0 unspecified atom stereocenters. The lowest BCUT2D eigenvalue weighted by atomic mass is 10.0. The van der Waals surface area contributed by atoms with E-state index < -0.39 is 0 Å². The fraction of sp³-hybridized carbons (Fsp3) is 0.588. The lowest BCUT2D eigenvalue weighted by Gasteiger charge is -2.23. The number of benzene rings is 1. The van der Waals surface area contributed by atoms with Gasteiger partial charge in [-0.3, -0.25) is 4.90 Å². The number of nitrogens with zero attached hydrogens (tertiary/aromatic N) is 1. The number of hydrogen-bond acceptors (Lipinski definition) is 2. The Hall–Kier alpha value is -0.930. The maximum Gasteiger partial charge on any atom is 0.103 e. The molecule has 108 valence electrons. The molecule has 0 amide bonds. The van der Waals surface area contributed by atoms with Crippen LogP contribution in [0.25, 0.3) is 0 Å². The maximum absolute atomic E-state index is 5.70. The highest BCUT2D eigenvalue weighted by atomic mass is 32.1. The molecule has 3 heteroatoms. The molecule has 0 saturated heterocycles. The van der Waals surface area contributed by atoms with E-state index in [0.717, 1.165) is 23.9 Å². The van der Waals surface area contributed by atoms with Crippen molar-refractivity contribution in [3.8, 4) is 0 Å². The van der Waals surface area contributed by atoms with Crippen LogP contribution in [0.1, 0.15) is 42.4 Å². The SMILES string of the molecule is Cc1cc(C(N)=S)ccc1CN(CC1CC1)CC1CC1. The standard InChI is InChI=1S/C17H24N2S/c1-12-8-15(17(18)20)6-7-16(12)11-19(9-13-2-3-13)10-14-4-5-14/h6-8,13-14H,2-5,9-11H2,1H3,(H2,18,20). The van der Waals surface area contributed by atoms with Gasteiger partial charge in [-0.25, -0.2) is 0 Å². The van der Waals surface area contributed by atoms with E-state index in [1.807, 2.05) is 0 Å². The van der Waals surface area contributed by atoms with Crippen molar-refractivity contribution in [2.45, 2.75) is 39.2 Å². The molecule has 3 rings (SSSR count). The van der Waals surface area contributed by atoms with Gasteiger partial charge in [-0.15, -0.1) is 0 Å². The van der Waals surface area contributed by atoms with Crippen molar-refractivity contribution >= 4 is 17.2 Å². The minimum Gasteiger partial charge on any atom is -0.389 e. The Balaban J connectivity index is 1.67. The van der Waals surface area contributed by atoms with Crippen molar-refractivity contribution < 1.29 is 0 Å². The molecule has 0 atom stereocenters. The molecular weight excluding hydrogens is 264 g/mol. The van der Waals surface area contributed by atoms with E-state index in [1.165, 1.54) is 49.9 Å². The second-order valence-electron chi connectivity index (χ2n) is 6.59. The molecule has 2 fully saturated rings. The molecule has 2 aliphatic rings. The molecule has 0 aromatic heterocycles. The summed E-state index contributed by atoms with van der Waals surface area (Å²) in [5, 5.41) is 0. The summed E-state index contributed by atoms with van der Waals surface area (Å²) < 4.78 is 0. The molecular formula is C17H24N2S. The van der Waals surface area contributed by atoms with Crippen LogP contribution in [0.5, 0.6) is 0 Å². The Morgan fingerprint density at radius 1 is 1.20 bits per heavy atom. The lowest BCUT2D eigenvalue weighted by Crippen LogP contribution is -2.28. The van der Waals surface area contributed by atoms with E-state index in [0.29, 0.717) is 4.99 Å². The average molecular weight is 288 g/mol. The molecule has 20 heavy (non-hydrogen) atoms. The smallest absolute Gasteiger partial charge is 0.103 e. The van der Waals surface area contributed by atoms with Crippen LogP contribution in [0, 0.1) is 18.8 Å². The van der Waals surface area contributed by atoms with Gasteiger partial charge in [-0.05, 0) is 61.6 Å². The molecule has 2 saturated carbocycles. The number of aryl methyl sites for hydroxylation is 1. The number of nitrogens with two attached hydrogens (primary N) is 1. The van der Waals surface area contributed by atoms with E-state index in [-0.39, 0.29) is 0 Å². The first-order valence-electron chi connectivity index (χ1n) is 7.73. The van der Waals surface area contributed by atoms with Crippen LogP contribution in [-0.4, -0.2) is 23.0 Å². The summed E-state index contributed by atoms with van der Waals surface area (Å²) in [7, 11) is 0. The Morgan fingerprint density at radius 2 is 1.80 bits per heavy atom. The van der Waals surface area contributed by atoms with E-state index in [1.54, 1.807) is 0 Å². The molecule has 2 aliphatic carbocycles. The highest BCUT2D eigenvalue weighted by Gasteiger charge is 2.29. The Morgan fingerprint density at radius 3 is 2.25 bits per heavy atom. The van der Waals surface area contributed by atoms with Crippen LogP contribution in [0.4, 0.5) is 0 Å². The second-order valence-corrected chi connectivity index (χ2v) is 7.03. The first kappa shape index (κ1) is 14.0. The molecule has 0 heterocycles. The van der Waals surface area contributed by atoms with Gasteiger partial charge in [0.2, 0.25) is 0 Å². The Kier molecular flexibility index (Phi) is 4.08. The first-order valence-corrected chi connectivity index (χ1v) is 8.14. The second kappa shape index (κ2) is 5.82. The molecule has 0 bridgehead atoms. The quantitative estimate of drug-likeness (QED) is 0.781. The summed E-state index contributed by atoms with van der Waals surface area (Å²) in [5.74, 6) is 1.93. The van der Waals surface area contributed by atoms with Gasteiger partial charge in [-0.1, -0.05) is 24.4 Å². The minimum atomic E-state index is 0.493. The maximum atomic E-state index is 5.70. The third-order valence-electron chi connectivity index (χ3n) is 4.45. The van der Waals surface area contributed by atoms with Gasteiger partial charge < -0.3 is 5.73 Å². The fourth-order valence-electron chi connectivity index (χ4n) is 2.80. The molecule has 2 N–H and O–H groups in total. The van der Waals surface area contributed by atoms with Crippen LogP contribution < -0.4 is 5.73 Å². The monoisotopic (exact) mass is 288 g/mol. The minimum absolute atomic E-state index is 0.493. The van der Waals surface area contributed by atoms with Crippen molar-refractivity contribution in [1.29, 1.82) is 0 Å². The summed E-state index contributed by atoms with van der Waals surface area (Å²) >= 11 is 5.05. The third kappa shape index (κ3) is 3.80. The van der Waals surface area contributed by atoms with Gasteiger partial charge in [0.1, 0.15) is 4.99 Å². The molecule has 0 spiro atoms. The third-order valence-corrected chi connectivity index (χ3v) is 4.68. The number of thiocarbonyl (C=S) groups is 1. The van der Waals surface area contributed by atoms with E-state index in [4.69, 9.17) is 18.0 Å². The average Bonchev–Trinajstić information content (AvgIpc) is 3.27. The predicted octanol–water partition coefficient (Wildman–Crippen LogP) is 3.25. The largest absolute Gasteiger partial charge is 0.389 e. The zero-order valence-corrected chi connectivity index (χ0v) is 13.1. The van der Waals surface area contributed by atoms with Gasteiger partial charge in [0.05, 0.1) is 0 Å². The van der Waals surface area contributed by atoms with Gasteiger partial charge in [0, 0.05) is 25.2 Å². The van der Waals surface area contributed by atoms with Crippen molar-refractivity contribution in [1.82, 2.24) is 4.90 Å². The van der Waals surface area contributed by atoms with Gasteiger partial charge in [0.25, 0.3) is 0 Å². The highest BCUT2D eigenvalue weighted by molar-refractivity contribution is 7.80. The predicted molar refractivity (Wildman–Crippen MR) is 87.8 cm³/mol. The number of hydrogen-bond donors (Lipinski definition) is 1. The van der Waals surface area contributed by atoms with E-state index in [9.17, 15) is 0 Å². The van der Waals surface area contributed by atoms with E-state index >= 15 is 0 Å². The van der Waals surface area contributed by atoms with Crippen molar-refractivity contribution in [3.05, 3.63) is 34.9 Å². The van der Waals surface area contributed by atoms with Gasteiger partial charge in [0.15, 0.2) is 0 Å². The first-order chi connectivity index (χ1) is 9.61. The van der Waals surface area contributed by atoms with Crippen LogP contribution in [0.3, 0.4) is 0 Å². The topological polar surface area (TPSA) is 29.3 Å². The summed E-state index contributed by atoms with van der Waals surface area (Å²) in [6, 6.07) is 6.40. The summed E-state index contributed by atoms with van der Waals surface area (Å²) in [6.45, 7) is 5.82. The molecule has 0 aliphatic heterocycles. The van der Waals surface area contributed by atoms with Crippen LogP contribution in [-0.2, 0) is 6.54 Å². The molecule has 1 aromatic carbocycles. The van der Waals surface area contributed by atoms with E-state index in [2.05, 4.69) is 30.0 Å². The Bertz CT molecular complexity index is 490. The van der Waals surface area contributed by atoms with Crippen molar-refractivity contribution in [2.75, 3.05) is 13.1 Å². The van der Waals surface area contributed by atoms with Crippen LogP contribution in [0.15, 0.2) is 18.2 Å². The molecule has 0 radical (unpaired) electrons. The molecule has 1 aromatic rings. The highest BCUT2D eigenvalue weighted by Crippen LogP contribution is 2.34. The normalized spacial score (nSPS) is 18.5. The number of rotatable bonds is 7. The van der Waals surface area contributed by atoms with Crippen LogP contribution >= 0.6 is 12.2 Å². The van der Waals surface area contributed by atoms with Crippen molar-refractivity contribution in [3.63, 3.8) is 0 Å². The lowest BCUT2D eigenvalue weighted by molar-refractivity contribution is 0.244. The summed E-state index contributed by atoms with van der Waals surface area (Å²) in [5.41, 5.74) is 9.42. The van der Waals surface area contributed by atoms with Crippen molar-refractivity contribution in [2.24, 2.45) is 17.6 Å².